The highest BCUT2D eigenvalue weighted by Gasteiger charge is 2.20. The highest BCUT2D eigenvalue weighted by atomic mass is 35.5. The molecule has 1 N–H and O–H groups in total. The van der Waals surface area contributed by atoms with Crippen LogP contribution in [0.25, 0.3) is 0 Å². The maximum atomic E-state index is 11.6. The molecule has 5 nitrogen and oxygen atoms in total. The number of methoxy groups -OCH3 is 1. The van der Waals surface area contributed by atoms with E-state index in [1.165, 1.54) is 13.2 Å². The Labute approximate surface area is 156 Å². The van der Waals surface area contributed by atoms with Crippen LogP contribution < -0.4 is 9.80 Å². The molecule has 0 aliphatic heterocycles. The Hall–Kier alpha value is -1.95. The molecule has 0 fully saturated rings. The molecule has 0 unspecified atom stereocenters. The number of benzene rings is 2. The van der Waals surface area contributed by atoms with E-state index in [4.69, 9.17) is 27.9 Å². The van der Waals surface area contributed by atoms with Gasteiger partial charge in [-0.15, -0.1) is 0 Å². The van der Waals surface area contributed by atoms with Gasteiger partial charge in [-0.3, -0.25) is 5.21 Å². The number of ether oxygens (including phenoxy) is 2. The maximum absolute atomic E-state index is 11.6. The van der Waals surface area contributed by atoms with Crippen molar-refractivity contribution in [2.45, 2.75) is 26.9 Å². The number of amides is 1. The van der Waals surface area contributed by atoms with Gasteiger partial charge in [-0.1, -0.05) is 36.2 Å². The van der Waals surface area contributed by atoms with Gasteiger partial charge in [-0.05, 0) is 48.7 Å². The van der Waals surface area contributed by atoms with Gasteiger partial charge in [0.05, 0.1) is 17.8 Å². The fraction of sp³-hybridized carbons (Fsp3) is 0.278. The van der Waals surface area contributed by atoms with Crippen LogP contribution in [0.2, 0.25) is 10.0 Å². The first-order chi connectivity index (χ1) is 11.9. The highest BCUT2D eigenvalue weighted by Crippen LogP contribution is 2.32. The van der Waals surface area contributed by atoms with Gasteiger partial charge in [0.1, 0.15) is 12.4 Å². The molecule has 2 aromatic rings. The van der Waals surface area contributed by atoms with Gasteiger partial charge in [-0.25, -0.2) is 4.79 Å². The number of hydroxylamine groups is 1. The molecule has 0 aromatic heterocycles. The Bertz CT molecular complexity index is 780. The molecule has 0 aliphatic carbocycles. The fourth-order valence-electron chi connectivity index (χ4n) is 2.41. The molecule has 134 valence electrons. The second kappa shape index (κ2) is 8.43. The number of halogens is 2. The number of nitrogens with zero attached hydrogens (tertiary/aromatic N) is 1. The van der Waals surface area contributed by atoms with Crippen LogP contribution in [-0.4, -0.2) is 18.4 Å². The number of hydrogen-bond donors (Lipinski definition) is 1. The van der Waals surface area contributed by atoms with E-state index in [0.717, 1.165) is 17.5 Å². The van der Waals surface area contributed by atoms with E-state index in [1.807, 2.05) is 19.1 Å². The zero-order valence-corrected chi connectivity index (χ0v) is 15.7. The summed E-state index contributed by atoms with van der Waals surface area (Å²) < 4.78 is 10.3. The lowest BCUT2D eigenvalue weighted by Gasteiger charge is -2.19. The van der Waals surface area contributed by atoms with Crippen molar-refractivity contribution in [3.63, 3.8) is 0 Å². The Morgan fingerprint density at radius 1 is 1.24 bits per heavy atom. The van der Waals surface area contributed by atoms with Gasteiger partial charge in [0.2, 0.25) is 0 Å². The first-order valence-electron chi connectivity index (χ1n) is 7.65. The second-order valence-corrected chi connectivity index (χ2v) is 6.19. The fourth-order valence-corrected chi connectivity index (χ4v) is 2.88. The smallest absolute Gasteiger partial charge is 0.438 e. The lowest BCUT2D eigenvalue weighted by molar-refractivity contribution is 0.140. The number of carbonyl (C=O) groups is 1. The third-order valence-corrected chi connectivity index (χ3v) is 4.46. The summed E-state index contributed by atoms with van der Waals surface area (Å²) in [6.07, 6.45) is -0.0521. The Kier molecular flexibility index (Phi) is 6.53. The number of hydrogen-bond acceptors (Lipinski definition) is 4. The molecule has 0 radical (unpaired) electrons. The van der Waals surface area contributed by atoms with Gasteiger partial charge in [0, 0.05) is 10.6 Å². The summed E-state index contributed by atoms with van der Waals surface area (Å²) in [5.41, 5.74) is 2.82. The summed E-state index contributed by atoms with van der Waals surface area (Å²) >= 11 is 12.5. The van der Waals surface area contributed by atoms with Gasteiger partial charge < -0.3 is 9.47 Å². The van der Waals surface area contributed by atoms with Gasteiger partial charge >= 0.3 is 6.09 Å². The number of rotatable bonds is 5. The minimum atomic E-state index is -0.926. The number of anilines is 1. The third kappa shape index (κ3) is 4.37. The lowest BCUT2D eigenvalue weighted by atomic mass is 10.1. The van der Waals surface area contributed by atoms with E-state index in [0.29, 0.717) is 26.4 Å². The van der Waals surface area contributed by atoms with Crippen molar-refractivity contribution in [1.29, 1.82) is 0 Å². The molecule has 2 aromatic carbocycles. The van der Waals surface area contributed by atoms with Crippen LogP contribution in [0.4, 0.5) is 10.5 Å². The van der Waals surface area contributed by atoms with Crippen molar-refractivity contribution in [3.05, 3.63) is 57.1 Å². The van der Waals surface area contributed by atoms with Crippen molar-refractivity contribution in [2.75, 3.05) is 12.2 Å². The minimum Gasteiger partial charge on any atom is -0.487 e. The van der Waals surface area contributed by atoms with E-state index < -0.39 is 6.09 Å². The SMILES string of the molecule is CCc1cc(Cl)c(OCc2c(Cl)cccc2N(O)C(=O)OC)cc1C. The monoisotopic (exact) mass is 383 g/mol. The Morgan fingerprint density at radius 2 is 1.96 bits per heavy atom. The molecular weight excluding hydrogens is 365 g/mol. The van der Waals surface area contributed by atoms with E-state index in [-0.39, 0.29) is 12.3 Å². The van der Waals surface area contributed by atoms with Gasteiger partial charge in [0.25, 0.3) is 0 Å². The van der Waals surface area contributed by atoms with Crippen molar-refractivity contribution in [3.8, 4) is 5.75 Å². The van der Waals surface area contributed by atoms with Crippen LogP contribution in [0.1, 0.15) is 23.6 Å². The number of aryl methyl sites for hydroxylation is 2. The maximum Gasteiger partial charge on any atom is 0.438 e. The molecule has 7 heteroatoms. The van der Waals surface area contributed by atoms with Crippen molar-refractivity contribution >= 4 is 35.0 Å². The van der Waals surface area contributed by atoms with E-state index >= 15 is 0 Å². The number of carbonyl (C=O) groups excluding carboxylic acids is 1. The molecule has 0 heterocycles. The topological polar surface area (TPSA) is 59.0 Å². The van der Waals surface area contributed by atoms with Crippen LogP contribution in [0.5, 0.6) is 5.75 Å². The molecule has 0 spiro atoms. The molecule has 0 saturated carbocycles. The lowest BCUT2D eigenvalue weighted by Crippen LogP contribution is -2.28. The predicted octanol–water partition coefficient (Wildman–Crippen LogP) is 5.41. The van der Waals surface area contributed by atoms with Crippen LogP contribution in [-0.2, 0) is 17.8 Å². The van der Waals surface area contributed by atoms with Gasteiger partial charge in [-0.2, -0.15) is 5.06 Å². The Balaban J connectivity index is 2.30. The summed E-state index contributed by atoms with van der Waals surface area (Å²) in [5.74, 6) is 0.504. The molecule has 0 atom stereocenters. The van der Waals surface area contributed by atoms with Gasteiger partial charge in [0.15, 0.2) is 0 Å². The molecule has 0 bridgehead atoms. The largest absolute Gasteiger partial charge is 0.487 e. The van der Waals surface area contributed by atoms with Crippen LogP contribution >= 0.6 is 23.2 Å². The minimum absolute atomic E-state index is 0.0215. The molecular formula is C18H19Cl2NO4. The first kappa shape index (κ1) is 19.4. The standard InChI is InChI=1S/C18H19Cl2NO4/c1-4-12-9-15(20)17(8-11(12)2)25-10-13-14(19)6-5-7-16(13)21(23)18(22)24-3/h5-9,23H,4,10H2,1-3H3. The van der Waals surface area contributed by atoms with Crippen LogP contribution in [0.15, 0.2) is 30.3 Å². The average Bonchev–Trinajstić information content (AvgIpc) is 2.61. The second-order valence-electron chi connectivity index (χ2n) is 5.37. The van der Waals surface area contributed by atoms with E-state index in [2.05, 4.69) is 11.7 Å². The van der Waals surface area contributed by atoms with E-state index in [9.17, 15) is 10.0 Å². The summed E-state index contributed by atoms with van der Waals surface area (Å²) in [7, 11) is 1.17. The first-order valence-corrected chi connectivity index (χ1v) is 8.40. The van der Waals surface area contributed by atoms with Crippen LogP contribution in [0, 0.1) is 6.92 Å². The van der Waals surface area contributed by atoms with Crippen molar-refractivity contribution in [1.82, 2.24) is 0 Å². The highest BCUT2D eigenvalue weighted by molar-refractivity contribution is 6.32. The van der Waals surface area contributed by atoms with Crippen LogP contribution in [0.3, 0.4) is 0 Å². The molecule has 2 rings (SSSR count). The third-order valence-electron chi connectivity index (χ3n) is 3.81. The summed E-state index contributed by atoms with van der Waals surface area (Å²) in [5, 5.41) is 11.2. The average molecular weight is 384 g/mol. The summed E-state index contributed by atoms with van der Waals surface area (Å²) in [6, 6.07) is 8.51. The zero-order chi connectivity index (χ0) is 18.6. The summed E-state index contributed by atoms with van der Waals surface area (Å²) in [4.78, 5) is 11.6. The Morgan fingerprint density at radius 3 is 2.60 bits per heavy atom. The molecule has 25 heavy (non-hydrogen) atoms. The predicted molar refractivity (Wildman–Crippen MR) is 98.0 cm³/mol. The molecule has 1 amide bonds. The zero-order valence-electron chi connectivity index (χ0n) is 14.2. The normalized spacial score (nSPS) is 10.5. The van der Waals surface area contributed by atoms with Crippen molar-refractivity contribution in [2.24, 2.45) is 0 Å². The van der Waals surface area contributed by atoms with E-state index in [1.54, 1.807) is 12.1 Å². The molecule has 0 saturated heterocycles. The van der Waals surface area contributed by atoms with Crippen molar-refractivity contribution < 1.29 is 19.5 Å². The quantitative estimate of drug-likeness (QED) is 0.554. The summed E-state index contributed by atoms with van der Waals surface area (Å²) in [6.45, 7) is 4.06. The molecule has 0 aliphatic rings.